The highest BCUT2D eigenvalue weighted by Gasteiger charge is 2.22. The molecule has 0 bridgehead atoms. The molecule has 138 valence electrons. The van der Waals surface area contributed by atoms with E-state index in [1.807, 2.05) is 22.4 Å². The van der Waals surface area contributed by atoms with Crippen LogP contribution in [0.4, 0.5) is 21.4 Å². The summed E-state index contributed by atoms with van der Waals surface area (Å²) in [6.07, 6.45) is 3.78. The van der Waals surface area contributed by atoms with Gasteiger partial charge in [-0.05, 0) is 48.9 Å². The van der Waals surface area contributed by atoms with Crippen molar-refractivity contribution in [2.45, 2.75) is 19.3 Å². The molecule has 0 unspecified atom stereocenters. The van der Waals surface area contributed by atoms with Gasteiger partial charge in [-0.15, -0.1) is 21.5 Å². The Morgan fingerprint density at radius 2 is 1.54 bits per heavy atom. The van der Waals surface area contributed by atoms with Crippen LogP contribution < -0.4 is 15.1 Å². The molecule has 2 fully saturated rings. The SMILES string of the molecule is O=C(Nc1cccs1)N1CCN(c2ccc(N3CCCCC3)nn2)CC1. The predicted molar refractivity (Wildman–Crippen MR) is 105 cm³/mol. The third-order valence-corrected chi connectivity index (χ3v) is 5.74. The Morgan fingerprint density at radius 1 is 0.885 bits per heavy atom. The van der Waals surface area contributed by atoms with Crippen LogP contribution in [0, 0.1) is 0 Å². The van der Waals surface area contributed by atoms with E-state index in [2.05, 4.69) is 37.4 Å². The number of rotatable bonds is 3. The van der Waals surface area contributed by atoms with Crippen molar-refractivity contribution in [3.63, 3.8) is 0 Å². The van der Waals surface area contributed by atoms with Crippen molar-refractivity contribution in [3.8, 4) is 0 Å². The zero-order valence-corrected chi connectivity index (χ0v) is 15.6. The lowest BCUT2D eigenvalue weighted by atomic mass is 10.1. The molecule has 0 aliphatic carbocycles. The summed E-state index contributed by atoms with van der Waals surface area (Å²) < 4.78 is 0. The first-order valence-electron chi connectivity index (χ1n) is 9.23. The number of hydrogen-bond donors (Lipinski definition) is 1. The van der Waals surface area contributed by atoms with Crippen LogP contribution in [0.15, 0.2) is 29.6 Å². The Kier molecular flexibility index (Phi) is 5.19. The van der Waals surface area contributed by atoms with Crippen molar-refractivity contribution in [1.82, 2.24) is 15.1 Å². The van der Waals surface area contributed by atoms with E-state index in [4.69, 9.17) is 0 Å². The van der Waals surface area contributed by atoms with E-state index in [1.165, 1.54) is 30.6 Å². The Bertz CT molecular complexity index is 706. The third kappa shape index (κ3) is 3.90. The van der Waals surface area contributed by atoms with Gasteiger partial charge in [0.25, 0.3) is 0 Å². The molecule has 0 aromatic carbocycles. The van der Waals surface area contributed by atoms with Gasteiger partial charge < -0.3 is 14.7 Å². The molecular weight excluding hydrogens is 348 g/mol. The van der Waals surface area contributed by atoms with Gasteiger partial charge in [0.1, 0.15) is 0 Å². The van der Waals surface area contributed by atoms with Crippen LogP contribution in [-0.4, -0.2) is 60.4 Å². The van der Waals surface area contributed by atoms with E-state index < -0.39 is 0 Å². The summed E-state index contributed by atoms with van der Waals surface area (Å²) in [7, 11) is 0. The van der Waals surface area contributed by atoms with Gasteiger partial charge in [-0.2, -0.15) is 0 Å². The number of piperazine rings is 1. The molecule has 2 saturated heterocycles. The number of thiophene rings is 1. The Balaban J connectivity index is 1.30. The number of piperidine rings is 1. The molecule has 4 rings (SSSR count). The third-order valence-electron chi connectivity index (χ3n) is 4.96. The van der Waals surface area contributed by atoms with Crippen molar-refractivity contribution in [3.05, 3.63) is 29.6 Å². The van der Waals surface area contributed by atoms with Crippen LogP contribution in [0.25, 0.3) is 0 Å². The van der Waals surface area contributed by atoms with Gasteiger partial charge in [0.2, 0.25) is 0 Å². The van der Waals surface area contributed by atoms with Crippen LogP contribution in [-0.2, 0) is 0 Å². The molecule has 0 atom stereocenters. The van der Waals surface area contributed by atoms with E-state index in [1.54, 1.807) is 0 Å². The van der Waals surface area contributed by atoms with E-state index in [0.29, 0.717) is 13.1 Å². The number of urea groups is 1. The van der Waals surface area contributed by atoms with Gasteiger partial charge in [0.15, 0.2) is 11.6 Å². The van der Waals surface area contributed by atoms with Gasteiger partial charge in [0, 0.05) is 39.3 Å². The molecule has 7 nitrogen and oxygen atoms in total. The van der Waals surface area contributed by atoms with Gasteiger partial charge in [-0.25, -0.2) is 4.79 Å². The van der Waals surface area contributed by atoms with E-state index >= 15 is 0 Å². The molecule has 0 spiro atoms. The number of nitrogens with one attached hydrogen (secondary N) is 1. The second-order valence-electron chi connectivity index (χ2n) is 6.68. The van der Waals surface area contributed by atoms with Crippen LogP contribution in [0.1, 0.15) is 19.3 Å². The highest BCUT2D eigenvalue weighted by Crippen LogP contribution is 2.20. The fourth-order valence-electron chi connectivity index (χ4n) is 3.45. The molecule has 2 aliphatic rings. The summed E-state index contributed by atoms with van der Waals surface area (Å²) in [5.41, 5.74) is 0. The standard InChI is InChI=1S/C18H24N6OS/c25-18(19-17-5-4-14-26-17)24-12-10-23(11-13-24)16-7-6-15(20-21-16)22-8-2-1-3-9-22/h4-7,14H,1-3,8-13H2,(H,19,25). The van der Waals surface area contributed by atoms with E-state index in [0.717, 1.165) is 42.8 Å². The summed E-state index contributed by atoms with van der Waals surface area (Å²) >= 11 is 1.53. The van der Waals surface area contributed by atoms with Crippen molar-refractivity contribution >= 4 is 34.0 Å². The minimum Gasteiger partial charge on any atom is -0.355 e. The zero-order valence-electron chi connectivity index (χ0n) is 14.8. The van der Waals surface area contributed by atoms with Gasteiger partial charge in [0.05, 0.1) is 5.00 Å². The van der Waals surface area contributed by atoms with E-state index in [-0.39, 0.29) is 6.03 Å². The van der Waals surface area contributed by atoms with Crippen LogP contribution in [0.5, 0.6) is 0 Å². The summed E-state index contributed by atoms with van der Waals surface area (Å²) in [5, 5.41) is 14.6. The normalized spacial score (nSPS) is 18.1. The highest BCUT2D eigenvalue weighted by atomic mass is 32.1. The molecule has 0 radical (unpaired) electrons. The average Bonchev–Trinajstić information content (AvgIpc) is 3.22. The number of nitrogens with zero attached hydrogens (tertiary/aromatic N) is 5. The lowest BCUT2D eigenvalue weighted by molar-refractivity contribution is 0.208. The molecule has 1 N–H and O–H groups in total. The summed E-state index contributed by atoms with van der Waals surface area (Å²) in [4.78, 5) is 18.7. The average molecular weight is 372 g/mol. The van der Waals surface area contributed by atoms with Crippen LogP contribution in [0.3, 0.4) is 0 Å². The fraction of sp³-hybridized carbons (Fsp3) is 0.500. The van der Waals surface area contributed by atoms with Crippen LogP contribution in [0.2, 0.25) is 0 Å². The second-order valence-corrected chi connectivity index (χ2v) is 7.63. The first-order valence-corrected chi connectivity index (χ1v) is 10.1. The molecule has 8 heteroatoms. The van der Waals surface area contributed by atoms with Gasteiger partial charge >= 0.3 is 6.03 Å². The fourth-order valence-corrected chi connectivity index (χ4v) is 4.06. The van der Waals surface area contributed by atoms with Crippen molar-refractivity contribution in [2.75, 3.05) is 54.4 Å². The van der Waals surface area contributed by atoms with Crippen molar-refractivity contribution < 1.29 is 4.79 Å². The maximum atomic E-state index is 12.3. The molecular formula is C18H24N6OS. The monoisotopic (exact) mass is 372 g/mol. The van der Waals surface area contributed by atoms with Gasteiger partial charge in [-0.1, -0.05) is 0 Å². The van der Waals surface area contributed by atoms with Crippen molar-refractivity contribution in [2.24, 2.45) is 0 Å². The van der Waals surface area contributed by atoms with E-state index in [9.17, 15) is 4.79 Å². The topological polar surface area (TPSA) is 64.6 Å². The molecule has 2 aromatic rings. The molecule has 26 heavy (non-hydrogen) atoms. The minimum absolute atomic E-state index is 0.0290. The van der Waals surface area contributed by atoms with Crippen molar-refractivity contribution in [1.29, 1.82) is 0 Å². The Labute approximate surface area is 157 Å². The Morgan fingerprint density at radius 3 is 2.12 bits per heavy atom. The summed E-state index contributed by atoms with van der Waals surface area (Å²) in [5.74, 6) is 1.87. The first-order chi connectivity index (χ1) is 12.8. The lowest BCUT2D eigenvalue weighted by Crippen LogP contribution is -2.50. The summed E-state index contributed by atoms with van der Waals surface area (Å²) in [6.45, 7) is 5.07. The molecule has 2 aromatic heterocycles. The molecule has 4 heterocycles. The largest absolute Gasteiger partial charge is 0.355 e. The maximum absolute atomic E-state index is 12.3. The molecule has 2 amide bonds. The maximum Gasteiger partial charge on any atom is 0.322 e. The lowest BCUT2D eigenvalue weighted by Gasteiger charge is -2.35. The number of carbonyl (C=O) groups is 1. The van der Waals surface area contributed by atoms with Gasteiger partial charge in [-0.3, -0.25) is 5.32 Å². The first kappa shape index (κ1) is 17.1. The Hall–Kier alpha value is -2.35. The number of amides is 2. The number of carbonyl (C=O) groups excluding carboxylic acids is 1. The highest BCUT2D eigenvalue weighted by molar-refractivity contribution is 7.14. The zero-order chi connectivity index (χ0) is 17.8. The number of anilines is 3. The predicted octanol–water partition coefficient (Wildman–Crippen LogP) is 2.88. The quantitative estimate of drug-likeness (QED) is 0.897. The minimum atomic E-state index is -0.0290. The molecule has 0 saturated carbocycles. The summed E-state index contributed by atoms with van der Waals surface area (Å²) in [6, 6.07) is 7.95. The van der Waals surface area contributed by atoms with Crippen LogP contribution >= 0.6 is 11.3 Å². The second kappa shape index (κ2) is 7.90. The number of hydrogen-bond acceptors (Lipinski definition) is 6. The smallest absolute Gasteiger partial charge is 0.322 e. The number of aromatic nitrogens is 2. The molecule has 2 aliphatic heterocycles.